The lowest BCUT2D eigenvalue weighted by atomic mass is 10.2. The molecule has 1 saturated heterocycles. The van der Waals surface area contributed by atoms with E-state index in [4.69, 9.17) is 28.6 Å². The van der Waals surface area contributed by atoms with Crippen LogP contribution in [0.4, 0.5) is 15.8 Å². The first-order valence-corrected chi connectivity index (χ1v) is 11.3. The van der Waals surface area contributed by atoms with Gasteiger partial charge in [-0.2, -0.15) is 0 Å². The fraction of sp³-hybridized carbons (Fsp3) is 0.0417. The fourth-order valence-corrected chi connectivity index (χ4v) is 4.51. The number of halogens is 2. The monoisotopic (exact) mass is 498 g/mol. The quantitative estimate of drug-likeness (QED) is 0.338. The molecule has 0 atom stereocenters. The van der Waals surface area contributed by atoms with E-state index in [-0.39, 0.29) is 23.4 Å². The van der Waals surface area contributed by atoms with Gasteiger partial charge in [0.25, 0.3) is 11.8 Å². The van der Waals surface area contributed by atoms with Crippen molar-refractivity contribution in [2.45, 2.75) is 0 Å². The average molecular weight is 499 g/mol. The topological polar surface area (TPSA) is 58.6 Å². The van der Waals surface area contributed by atoms with Gasteiger partial charge in [0.15, 0.2) is 10.9 Å². The van der Waals surface area contributed by atoms with Gasteiger partial charge in [-0.1, -0.05) is 72.0 Å². The maximum Gasteiger partial charge on any atom is 0.270 e. The third-order valence-corrected chi connectivity index (χ3v) is 6.17. The van der Waals surface area contributed by atoms with E-state index in [0.29, 0.717) is 31.9 Å². The highest BCUT2D eigenvalue weighted by Gasteiger charge is 2.33. The minimum atomic E-state index is -0.580. The number of hydrogen-bond acceptors (Lipinski definition) is 5. The van der Waals surface area contributed by atoms with Gasteiger partial charge in [-0.3, -0.25) is 14.5 Å². The molecule has 9 heteroatoms. The second-order valence-electron chi connectivity index (χ2n) is 6.86. The van der Waals surface area contributed by atoms with E-state index in [9.17, 15) is 14.0 Å². The van der Waals surface area contributed by atoms with Gasteiger partial charge >= 0.3 is 0 Å². The van der Waals surface area contributed by atoms with Crippen LogP contribution in [0.1, 0.15) is 5.56 Å². The third kappa shape index (κ3) is 5.42. The number of benzene rings is 3. The Morgan fingerprint density at radius 1 is 1.12 bits per heavy atom. The summed E-state index contributed by atoms with van der Waals surface area (Å²) in [5.74, 6) is -0.806. The van der Waals surface area contributed by atoms with Crippen molar-refractivity contribution in [2.75, 3.05) is 16.8 Å². The second kappa shape index (κ2) is 10.2. The summed E-state index contributed by atoms with van der Waals surface area (Å²) < 4.78 is 19.5. The number of anilines is 2. The Hall–Kier alpha value is -3.20. The maximum atomic E-state index is 13.5. The SMILES string of the molecule is O=C(COc1ccccc1/C=C1/SC(=S)N(c2ccc(F)c(Cl)c2)C1=O)Nc1ccccc1. The van der Waals surface area contributed by atoms with Crippen molar-refractivity contribution in [3.63, 3.8) is 0 Å². The van der Waals surface area contributed by atoms with E-state index in [1.165, 1.54) is 23.1 Å². The number of nitrogens with one attached hydrogen (secondary N) is 1. The molecule has 5 nitrogen and oxygen atoms in total. The lowest BCUT2D eigenvalue weighted by Gasteiger charge is -2.14. The van der Waals surface area contributed by atoms with E-state index in [1.54, 1.807) is 42.5 Å². The summed E-state index contributed by atoms with van der Waals surface area (Å²) in [6.07, 6.45) is 1.65. The molecule has 0 spiro atoms. The number of ether oxygens (including phenoxy) is 1. The molecule has 0 saturated carbocycles. The van der Waals surface area contributed by atoms with Crippen LogP contribution >= 0.6 is 35.6 Å². The number of hydrogen-bond donors (Lipinski definition) is 1. The number of carbonyl (C=O) groups is 2. The summed E-state index contributed by atoms with van der Waals surface area (Å²) in [4.78, 5) is 26.9. The number of para-hydroxylation sites is 2. The highest BCUT2D eigenvalue weighted by molar-refractivity contribution is 8.27. The lowest BCUT2D eigenvalue weighted by molar-refractivity contribution is -0.118. The van der Waals surface area contributed by atoms with E-state index in [1.807, 2.05) is 18.2 Å². The van der Waals surface area contributed by atoms with Gasteiger partial charge in [0.05, 0.1) is 15.6 Å². The van der Waals surface area contributed by atoms with Crippen LogP contribution < -0.4 is 15.0 Å². The van der Waals surface area contributed by atoms with Crippen molar-refractivity contribution in [3.05, 3.63) is 94.1 Å². The van der Waals surface area contributed by atoms with Crippen LogP contribution in [-0.2, 0) is 9.59 Å². The number of thioether (sulfide) groups is 1. The molecule has 2 amide bonds. The first-order valence-electron chi connectivity index (χ1n) is 9.72. The Morgan fingerprint density at radius 3 is 2.61 bits per heavy atom. The zero-order chi connectivity index (χ0) is 23.4. The number of nitrogens with zero attached hydrogens (tertiary/aromatic N) is 1. The first kappa shape index (κ1) is 23.0. The summed E-state index contributed by atoms with van der Waals surface area (Å²) in [5, 5.41) is 2.65. The molecule has 0 aromatic heterocycles. The van der Waals surface area contributed by atoms with Gasteiger partial charge in [0, 0.05) is 11.3 Å². The molecule has 0 unspecified atom stereocenters. The van der Waals surface area contributed by atoms with E-state index in [2.05, 4.69) is 5.32 Å². The molecule has 1 N–H and O–H groups in total. The largest absolute Gasteiger partial charge is 0.483 e. The Labute approximate surface area is 204 Å². The molecule has 166 valence electrons. The number of rotatable bonds is 6. The van der Waals surface area contributed by atoms with E-state index in [0.717, 1.165) is 11.8 Å². The second-order valence-corrected chi connectivity index (χ2v) is 8.94. The van der Waals surface area contributed by atoms with Gasteiger partial charge in [0.1, 0.15) is 11.6 Å². The lowest BCUT2D eigenvalue weighted by Crippen LogP contribution is -2.27. The highest BCUT2D eigenvalue weighted by Crippen LogP contribution is 2.38. The van der Waals surface area contributed by atoms with Crippen LogP contribution in [0.5, 0.6) is 5.75 Å². The first-order chi connectivity index (χ1) is 15.9. The summed E-state index contributed by atoms with van der Waals surface area (Å²) in [6, 6.07) is 20.1. The third-order valence-electron chi connectivity index (χ3n) is 4.58. The van der Waals surface area contributed by atoms with Gasteiger partial charge in [-0.15, -0.1) is 0 Å². The van der Waals surface area contributed by atoms with Crippen LogP contribution in [0.2, 0.25) is 5.02 Å². The Kier molecular flexibility index (Phi) is 7.08. The number of carbonyl (C=O) groups excluding carboxylic acids is 2. The van der Waals surface area contributed by atoms with Crippen molar-refractivity contribution in [1.29, 1.82) is 0 Å². The van der Waals surface area contributed by atoms with Crippen LogP contribution in [0, 0.1) is 5.82 Å². The fourth-order valence-electron chi connectivity index (χ4n) is 3.05. The molecule has 1 fully saturated rings. The minimum Gasteiger partial charge on any atom is -0.483 e. The summed E-state index contributed by atoms with van der Waals surface area (Å²) >= 11 is 12.3. The molecular weight excluding hydrogens is 483 g/mol. The molecule has 33 heavy (non-hydrogen) atoms. The summed E-state index contributed by atoms with van der Waals surface area (Å²) in [5.41, 5.74) is 1.67. The van der Waals surface area contributed by atoms with Gasteiger partial charge < -0.3 is 10.1 Å². The van der Waals surface area contributed by atoms with Crippen molar-refractivity contribution in [3.8, 4) is 5.75 Å². The van der Waals surface area contributed by atoms with Crippen LogP contribution in [-0.4, -0.2) is 22.7 Å². The average Bonchev–Trinajstić information content (AvgIpc) is 3.08. The van der Waals surface area contributed by atoms with E-state index < -0.39 is 5.82 Å². The van der Waals surface area contributed by atoms with Crippen LogP contribution in [0.3, 0.4) is 0 Å². The normalized spacial score (nSPS) is 14.6. The molecule has 0 aliphatic carbocycles. The van der Waals surface area contributed by atoms with Crippen LogP contribution in [0.15, 0.2) is 77.7 Å². The van der Waals surface area contributed by atoms with Crippen molar-refractivity contribution in [2.24, 2.45) is 0 Å². The van der Waals surface area contributed by atoms with Gasteiger partial charge in [-0.05, 0) is 42.5 Å². The number of amides is 2. The molecular formula is C24H16ClFN2O3S2. The van der Waals surface area contributed by atoms with Crippen LogP contribution in [0.25, 0.3) is 6.08 Å². The molecule has 1 aliphatic heterocycles. The number of thiocarbonyl (C=S) groups is 1. The van der Waals surface area contributed by atoms with Crippen molar-refractivity contribution >= 4 is 69.2 Å². The summed E-state index contributed by atoms with van der Waals surface area (Å²) in [6.45, 7) is -0.200. The predicted octanol–water partition coefficient (Wildman–Crippen LogP) is 5.90. The zero-order valence-corrected chi connectivity index (χ0v) is 19.3. The smallest absolute Gasteiger partial charge is 0.270 e. The Morgan fingerprint density at radius 2 is 1.85 bits per heavy atom. The maximum absolute atomic E-state index is 13.5. The highest BCUT2D eigenvalue weighted by atomic mass is 35.5. The standard InChI is InChI=1S/C24H16ClFN2O3S2/c25-18-13-17(10-11-19(18)26)28-23(30)21(33-24(28)32)12-15-6-4-5-9-20(15)31-14-22(29)27-16-7-2-1-3-8-16/h1-13H,14H2,(H,27,29)/b21-12+. The van der Waals surface area contributed by atoms with Gasteiger partial charge in [-0.25, -0.2) is 4.39 Å². The molecule has 1 heterocycles. The summed E-state index contributed by atoms with van der Waals surface area (Å²) in [7, 11) is 0. The molecule has 4 rings (SSSR count). The Balaban J connectivity index is 1.50. The van der Waals surface area contributed by atoms with Crippen molar-refractivity contribution in [1.82, 2.24) is 0 Å². The Bertz CT molecular complexity index is 1270. The van der Waals surface area contributed by atoms with Crippen molar-refractivity contribution < 1.29 is 18.7 Å². The zero-order valence-electron chi connectivity index (χ0n) is 17.0. The van der Waals surface area contributed by atoms with Gasteiger partial charge in [0.2, 0.25) is 0 Å². The molecule has 0 bridgehead atoms. The molecule has 1 aliphatic rings. The molecule has 0 radical (unpaired) electrons. The molecule has 3 aromatic rings. The molecule has 3 aromatic carbocycles. The predicted molar refractivity (Wildman–Crippen MR) is 134 cm³/mol. The van der Waals surface area contributed by atoms with E-state index >= 15 is 0 Å². The minimum absolute atomic E-state index is 0.0990.